The third kappa shape index (κ3) is 2.61. The Morgan fingerprint density at radius 1 is 1.32 bits per heavy atom. The van der Waals surface area contributed by atoms with E-state index in [2.05, 4.69) is 5.10 Å². The molecule has 1 aromatic carbocycles. The van der Waals surface area contributed by atoms with E-state index in [9.17, 15) is 8.42 Å². The van der Waals surface area contributed by atoms with Crippen LogP contribution in [0.3, 0.4) is 0 Å². The number of aryl methyl sites for hydroxylation is 1. The van der Waals surface area contributed by atoms with E-state index in [1.807, 2.05) is 18.2 Å². The molecule has 0 aliphatic carbocycles. The first kappa shape index (κ1) is 13.6. The minimum absolute atomic E-state index is 0.157. The van der Waals surface area contributed by atoms with Crippen LogP contribution in [0, 0.1) is 0 Å². The van der Waals surface area contributed by atoms with E-state index in [0.717, 1.165) is 5.56 Å². The highest BCUT2D eigenvalue weighted by Gasteiger charge is 2.24. The Morgan fingerprint density at radius 3 is 2.58 bits per heavy atom. The van der Waals surface area contributed by atoms with E-state index in [4.69, 9.17) is 5.73 Å². The van der Waals surface area contributed by atoms with E-state index in [1.54, 1.807) is 13.1 Å². The number of anilines is 1. The lowest BCUT2D eigenvalue weighted by atomic mass is 10.2. The number of hydrogen-bond acceptors (Lipinski definition) is 4. The molecule has 0 fully saturated rings. The molecule has 1 heterocycles. The summed E-state index contributed by atoms with van der Waals surface area (Å²) in [7, 11) is -0.446. The van der Waals surface area contributed by atoms with Crippen molar-refractivity contribution >= 4 is 15.7 Å². The Labute approximate surface area is 112 Å². The first-order valence-corrected chi connectivity index (χ1v) is 7.14. The van der Waals surface area contributed by atoms with E-state index < -0.39 is 10.0 Å². The Bertz CT molecular complexity index is 679. The third-order valence-electron chi connectivity index (χ3n) is 2.90. The maximum atomic E-state index is 12.4. The molecule has 0 aliphatic heterocycles. The number of para-hydroxylation sites is 1. The van der Waals surface area contributed by atoms with Gasteiger partial charge in [-0.05, 0) is 17.7 Å². The quantitative estimate of drug-likeness (QED) is 0.841. The number of aromatic nitrogens is 2. The molecule has 2 aromatic rings. The van der Waals surface area contributed by atoms with E-state index in [1.165, 1.54) is 28.3 Å². The zero-order valence-electron chi connectivity index (χ0n) is 10.8. The summed E-state index contributed by atoms with van der Waals surface area (Å²) < 4.78 is 27.3. The van der Waals surface area contributed by atoms with Crippen molar-refractivity contribution in [3.05, 3.63) is 42.1 Å². The average Bonchev–Trinajstić information content (AvgIpc) is 2.79. The second kappa shape index (κ2) is 5.02. The lowest BCUT2D eigenvalue weighted by Gasteiger charge is -2.18. The smallest absolute Gasteiger partial charge is 0.260 e. The molecule has 7 heteroatoms. The number of nitrogens with two attached hydrogens (primary N) is 1. The van der Waals surface area contributed by atoms with Gasteiger partial charge < -0.3 is 5.73 Å². The molecular formula is C12H16N4O2S. The van der Waals surface area contributed by atoms with Gasteiger partial charge in [-0.3, -0.25) is 4.68 Å². The lowest BCUT2D eigenvalue weighted by Crippen LogP contribution is -2.28. The molecule has 0 aliphatic rings. The fourth-order valence-electron chi connectivity index (χ4n) is 1.78. The Morgan fingerprint density at radius 2 is 2.00 bits per heavy atom. The molecular weight excluding hydrogens is 264 g/mol. The number of rotatable bonds is 4. The predicted octanol–water partition coefficient (Wildman–Crippen LogP) is 0.823. The van der Waals surface area contributed by atoms with Crippen LogP contribution >= 0.6 is 0 Å². The summed E-state index contributed by atoms with van der Waals surface area (Å²) in [6.45, 7) is 0.222. The molecule has 0 bridgehead atoms. The molecule has 2 N–H and O–H groups in total. The summed E-state index contributed by atoms with van der Waals surface area (Å²) in [5.41, 5.74) is 7.17. The third-order valence-corrected chi connectivity index (χ3v) is 4.78. The van der Waals surface area contributed by atoms with Gasteiger partial charge in [0.25, 0.3) is 10.0 Å². The summed E-state index contributed by atoms with van der Waals surface area (Å²) in [6.07, 6.45) is 1.46. The highest BCUT2D eigenvalue weighted by atomic mass is 32.2. The molecule has 0 saturated heterocycles. The van der Waals surface area contributed by atoms with E-state index in [-0.39, 0.29) is 11.6 Å². The average molecular weight is 280 g/mol. The van der Waals surface area contributed by atoms with Gasteiger partial charge in [0.1, 0.15) is 0 Å². The monoisotopic (exact) mass is 280 g/mol. The Kier molecular flexibility index (Phi) is 3.59. The minimum atomic E-state index is -3.56. The van der Waals surface area contributed by atoms with Crippen LogP contribution in [0.25, 0.3) is 0 Å². The van der Waals surface area contributed by atoms with Crippen LogP contribution in [0.15, 0.2) is 41.6 Å². The lowest BCUT2D eigenvalue weighted by molar-refractivity contribution is 0.458. The Hall–Kier alpha value is -1.86. The van der Waals surface area contributed by atoms with Crippen LogP contribution in [0.1, 0.15) is 5.56 Å². The molecule has 0 saturated carbocycles. The van der Waals surface area contributed by atoms with Crippen LogP contribution < -0.4 is 5.73 Å². The summed E-state index contributed by atoms with van der Waals surface area (Å²) >= 11 is 0. The summed E-state index contributed by atoms with van der Waals surface area (Å²) in [5.74, 6) is 0. The van der Waals surface area contributed by atoms with Crippen molar-refractivity contribution in [3.63, 3.8) is 0 Å². The van der Waals surface area contributed by atoms with Gasteiger partial charge in [-0.25, -0.2) is 8.42 Å². The van der Waals surface area contributed by atoms with Crippen molar-refractivity contribution in [2.45, 2.75) is 11.6 Å². The van der Waals surface area contributed by atoms with Crippen molar-refractivity contribution in [2.24, 2.45) is 7.05 Å². The second-order valence-corrected chi connectivity index (χ2v) is 6.24. The molecule has 0 unspecified atom stereocenters. The highest BCUT2D eigenvalue weighted by molar-refractivity contribution is 7.89. The zero-order valence-corrected chi connectivity index (χ0v) is 11.6. The first-order chi connectivity index (χ1) is 8.93. The highest BCUT2D eigenvalue weighted by Crippen LogP contribution is 2.18. The predicted molar refractivity (Wildman–Crippen MR) is 72.7 cm³/mol. The van der Waals surface area contributed by atoms with Gasteiger partial charge >= 0.3 is 0 Å². The summed E-state index contributed by atoms with van der Waals surface area (Å²) in [6, 6.07) is 8.68. The fourth-order valence-corrected chi connectivity index (χ4v) is 3.02. The number of sulfonamides is 1. The van der Waals surface area contributed by atoms with Gasteiger partial charge in [0.05, 0.1) is 6.20 Å². The van der Waals surface area contributed by atoms with Crippen LogP contribution in [-0.4, -0.2) is 29.6 Å². The van der Waals surface area contributed by atoms with Gasteiger partial charge in [-0.15, -0.1) is 0 Å². The number of nitrogen functional groups attached to an aromatic ring is 1. The second-order valence-electron chi connectivity index (χ2n) is 4.25. The van der Waals surface area contributed by atoms with Gasteiger partial charge in [-0.1, -0.05) is 18.2 Å². The normalized spacial score (nSPS) is 11.9. The molecule has 2 rings (SSSR count). The molecule has 0 atom stereocenters. The molecule has 0 spiro atoms. The standard InChI is InChI=1S/C12H16N4O2S/c1-15(9-10-5-3-4-6-11(10)13)19(17,18)12-7-8-14-16(12)2/h3-8H,9,13H2,1-2H3. The van der Waals surface area contributed by atoms with Gasteiger partial charge in [0, 0.05) is 26.3 Å². The van der Waals surface area contributed by atoms with Crippen molar-refractivity contribution in [2.75, 3.05) is 12.8 Å². The minimum Gasteiger partial charge on any atom is -0.398 e. The van der Waals surface area contributed by atoms with Crippen LogP contribution in [0.4, 0.5) is 5.69 Å². The molecule has 1 aromatic heterocycles. The number of benzene rings is 1. The van der Waals surface area contributed by atoms with Gasteiger partial charge in [-0.2, -0.15) is 9.40 Å². The van der Waals surface area contributed by atoms with Crippen molar-refractivity contribution in [1.82, 2.24) is 14.1 Å². The molecule has 6 nitrogen and oxygen atoms in total. The van der Waals surface area contributed by atoms with Crippen molar-refractivity contribution < 1.29 is 8.42 Å². The SMILES string of the molecule is CN(Cc1ccccc1N)S(=O)(=O)c1ccnn1C. The zero-order chi connectivity index (χ0) is 14.0. The topological polar surface area (TPSA) is 81.2 Å². The molecule has 19 heavy (non-hydrogen) atoms. The van der Waals surface area contributed by atoms with E-state index >= 15 is 0 Å². The van der Waals surface area contributed by atoms with Gasteiger partial charge in [0.2, 0.25) is 0 Å². The van der Waals surface area contributed by atoms with E-state index in [0.29, 0.717) is 5.69 Å². The first-order valence-electron chi connectivity index (χ1n) is 5.70. The van der Waals surface area contributed by atoms with Crippen molar-refractivity contribution in [3.8, 4) is 0 Å². The fraction of sp³-hybridized carbons (Fsp3) is 0.250. The molecule has 0 amide bonds. The molecule has 0 radical (unpaired) electrons. The van der Waals surface area contributed by atoms with Gasteiger partial charge in [0.15, 0.2) is 5.03 Å². The summed E-state index contributed by atoms with van der Waals surface area (Å²) in [5, 5.41) is 4.03. The van der Waals surface area contributed by atoms with Crippen LogP contribution in [0.5, 0.6) is 0 Å². The number of nitrogens with zero attached hydrogens (tertiary/aromatic N) is 3. The maximum Gasteiger partial charge on any atom is 0.260 e. The maximum absolute atomic E-state index is 12.4. The molecule has 102 valence electrons. The van der Waals surface area contributed by atoms with Crippen LogP contribution in [-0.2, 0) is 23.6 Å². The largest absolute Gasteiger partial charge is 0.398 e. The Balaban J connectivity index is 2.28. The number of hydrogen-bond donors (Lipinski definition) is 1. The van der Waals surface area contributed by atoms with Crippen molar-refractivity contribution in [1.29, 1.82) is 0 Å². The van der Waals surface area contributed by atoms with Crippen LogP contribution in [0.2, 0.25) is 0 Å². The summed E-state index contributed by atoms with van der Waals surface area (Å²) in [4.78, 5) is 0.